The summed E-state index contributed by atoms with van der Waals surface area (Å²) in [7, 11) is 4.03. The van der Waals surface area contributed by atoms with Crippen molar-refractivity contribution in [3.05, 3.63) is 49.3 Å². The third kappa shape index (κ3) is 5.36. The minimum absolute atomic E-state index is 0.144. The second kappa shape index (κ2) is 8.35. The molecule has 23 heavy (non-hydrogen) atoms. The predicted molar refractivity (Wildman–Crippen MR) is 98.4 cm³/mol. The van der Waals surface area contributed by atoms with Crippen LogP contribution in [0.3, 0.4) is 0 Å². The molecule has 0 N–H and O–H groups in total. The van der Waals surface area contributed by atoms with Gasteiger partial charge < -0.3 is 4.90 Å². The number of nitrogens with zero attached hydrogens (tertiary/aromatic N) is 2. The van der Waals surface area contributed by atoms with Crippen molar-refractivity contribution in [2.75, 3.05) is 20.6 Å². The largest absolute Gasteiger partial charge is 0.309 e. The summed E-state index contributed by atoms with van der Waals surface area (Å²) in [5.41, 5.74) is 0.144. The molecule has 0 unspecified atom stereocenters. The molecular weight excluding hydrogens is 375 g/mol. The Kier molecular flexibility index (Phi) is 6.73. The van der Waals surface area contributed by atoms with Crippen LogP contribution in [-0.4, -0.2) is 30.5 Å². The second-order valence-electron chi connectivity index (χ2n) is 5.23. The summed E-state index contributed by atoms with van der Waals surface area (Å²) >= 11 is 14.8. The molecule has 1 heterocycles. The summed E-state index contributed by atoms with van der Waals surface area (Å²) in [5, 5.41) is 12.3. The number of benzene rings is 1. The molecular formula is C15H16Cl2N2O2S2. The van der Waals surface area contributed by atoms with E-state index in [1.54, 1.807) is 24.3 Å². The molecule has 0 aliphatic carbocycles. The lowest BCUT2D eigenvalue weighted by molar-refractivity contribution is -0.387. The summed E-state index contributed by atoms with van der Waals surface area (Å²) < 4.78 is 0.652. The van der Waals surface area contributed by atoms with Gasteiger partial charge in [-0.15, -0.1) is 11.3 Å². The van der Waals surface area contributed by atoms with Gasteiger partial charge in [0.15, 0.2) is 0 Å². The summed E-state index contributed by atoms with van der Waals surface area (Å²) in [4.78, 5) is 14.8. The van der Waals surface area contributed by atoms with E-state index in [9.17, 15) is 10.1 Å². The lowest BCUT2D eigenvalue weighted by atomic mass is 10.2. The van der Waals surface area contributed by atoms with E-state index in [4.69, 9.17) is 23.2 Å². The van der Waals surface area contributed by atoms with Gasteiger partial charge in [0.25, 0.3) is 5.69 Å². The Morgan fingerprint density at radius 2 is 2.04 bits per heavy atom. The number of hydrogen-bond donors (Lipinski definition) is 0. The van der Waals surface area contributed by atoms with Crippen LogP contribution in [0.5, 0.6) is 0 Å². The first-order valence-corrected chi connectivity index (χ1v) is 9.30. The predicted octanol–water partition coefficient (Wildman–Crippen LogP) is 5.61. The van der Waals surface area contributed by atoms with Gasteiger partial charge in [-0.05, 0) is 51.7 Å². The number of thiophene rings is 1. The number of halogens is 2. The van der Waals surface area contributed by atoms with Crippen molar-refractivity contribution in [2.45, 2.75) is 21.9 Å². The maximum Gasteiger partial charge on any atom is 0.294 e. The third-order valence-corrected chi connectivity index (χ3v) is 6.16. The third-order valence-electron chi connectivity index (χ3n) is 3.05. The van der Waals surface area contributed by atoms with E-state index in [-0.39, 0.29) is 10.6 Å². The van der Waals surface area contributed by atoms with Crippen LogP contribution < -0.4 is 0 Å². The number of rotatable bonds is 7. The number of hydrogen-bond acceptors (Lipinski definition) is 5. The van der Waals surface area contributed by atoms with Crippen molar-refractivity contribution in [1.29, 1.82) is 0 Å². The van der Waals surface area contributed by atoms with Crippen LogP contribution in [0.15, 0.2) is 33.4 Å². The Morgan fingerprint density at radius 3 is 2.65 bits per heavy atom. The van der Waals surface area contributed by atoms with E-state index in [1.165, 1.54) is 23.1 Å². The molecule has 8 heteroatoms. The first kappa shape index (κ1) is 18.5. The van der Waals surface area contributed by atoms with Crippen molar-refractivity contribution in [3.8, 4) is 0 Å². The van der Waals surface area contributed by atoms with Gasteiger partial charge in [-0.2, -0.15) is 0 Å². The minimum atomic E-state index is -0.335. The highest BCUT2D eigenvalue weighted by Gasteiger charge is 2.20. The molecule has 2 aromatic rings. The Labute approximate surface area is 153 Å². The molecule has 0 spiro atoms. The Balaban J connectivity index is 2.19. The van der Waals surface area contributed by atoms with Crippen molar-refractivity contribution >= 4 is 52.0 Å². The molecule has 0 aliphatic rings. The number of nitro groups is 1. The van der Waals surface area contributed by atoms with E-state index in [0.29, 0.717) is 14.3 Å². The maximum absolute atomic E-state index is 11.3. The zero-order valence-electron chi connectivity index (χ0n) is 12.7. The molecule has 0 bridgehead atoms. The fraction of sp³-hybridized carbons (Fsp3) is 0.333. The molecule has 124 valence electrons. The second-order valence-corrected chi connectivity index (χ2v) is 8.52. The molecule has 1 aromatic heterocycles. The van der Waals surface area contributed by atoms with E-state index in [1.807, 2.05) is 14.1 Å². The zero-order chi connectivity index (χ0) is 17.0. The zero-order valence-corrected chi connectivity index (χ0v) is 15.9. The van der Waals surface area contributed by atoms with Gasteiger partial charge in [-0.25, -0.2) is 0 Å². The van der Waals surface area contributed by atoms with Crippen LogP contribution in [0.4, 0.5) is 5.69 Å². The highest BCUT2D eigenvalue weighted by atomic mass is 35.5. The average molecular weight is 391 g/mol. The molecule has 0 atom stereocenters. The van der Waals surface area contributed by atoms with Crippen LogP contribution in [-0.2, 0) is 6.42 Å². The van der Waals surface area contributed by atoms with Crippen molar-refractivity contribution in [2.24, 2.45) is 0 Å². The van der Waals surface area contributed by atoms with E-state index < -0.39 is 0 Å². The molecule has 4 nitrogen and oxygen atoms in total. The lowest BCUT2D eigenvalue weighted by Gasteiger charge is -2.07. The Morgan fingerprint density at radius 1 is 1.30 bits per heavy atom. The van der Waals surface area contributed by atoms with Crippen molar-refractivity contribution in [3.63, 3.8) is 0 Å². The maximum atomic E-state index is 11.3. The summed E-state index contributed by atoms with van der Waals surface area (Å²) in [6, 6.07) is 6.83. The van der Waals surface area contributed by atoms with Crippen LogP contribution in [0.25, 0.3) is 0 Å². The van der Waals surface area contributed by atoms with E-state index in [0.717, 1.165) is 29.2 Å². The normalized spacial score (nSPS) is 11.2. The molecule has 0 fully saturated rings. The molecule has 1 aromatic carbocycles. The standard InChI is InChI=1S/C15H16Cl2N2O2S2/c1-18(2)7-3-4-11-9-13(19(20)21)15(22-11)23-14-6-5-10(16)8-12(14)17/h5-6,8-9H,3-4,7H2,1-2H3. The lowest BCUT2D eigenvalue weighted by Crippen LogP contribution is -2.13. The first-order chi connectivity index (χ1) is 10.9. The fourth-order valence-electron chi connectivity index (χ4n) is 1.96. The Bertz CT molecular complexity index is 705. The van der Waals surface area contributed by atoms with Crippen LogP contribution in [0.1, 0.15) is 11.3 Å². The molecule has 0 saturated carbocycles. The molecule has 0 radical (unpaired) electrons. The van der Waals surface area contributed by atoms with Crippen molar-refractivity contribution < 1.29 is 4.92 Å². The quantitative estimate of drug-likeness (QED) is 0.455. The highest BCUT2D eigenvalue weighted by molar-refractivity contribution is 8.01. The van der Waals surface area contributed by atoms with Crippen LogP contribution >= 0.6 is 46.3 Å². The summed E-state index contributed by atoms with van der Waals surface area (Å²) in [6.45, 7) is 0.956. The molecule has 0 aliphatic heterocycles. The summed E-state index contributed by atoms with van der Waals surface area (Å²) in [6.07, 6.45) is 1.80. The van der Waals surface area contributed by atoms with Gasteiger partial charge >= 0.3 is 0 Å². The van der Waals surface area contributed by atoms with E-state index in [2.05, 4.69) is 4.90 Å². The molecule has 0 amide bonds. The van der Waals surface area contributed by atoms with Gasteiger partial charge in [-0.1, -0.05) is 35.0 Å². The fourth-order valence-corrected chi connectivity index (χ4v) is 4.87. The molecule has 0 saturated heterocycles. The minimum Gasteiger partial charge on any atom is -0.309 e. The SMILES string of the molecule is CN(C)CCCc1cc([N+](=O)[O-])c(Sc2ccc(Cl)cc2Cl)s1. The van der Waals surface area contributed by atoms with Crippen molar-refractivity contribution in [1.82, 2.24) is 4.90 Å². The first-order valence-electron chi connectivity index (χ1n) is 6.91. The Hall–Kier alpha value is -0.790. The van der Waals surface area contributed by atoms with Gasteiger partial charge in [0.2, 0.25) is 0 Å². The molecule has 2 rings (SSSR count). The van der Waals surface area contributed by atoms with Gasteiger partial charge in [0.05, 0.1) is 9.95 Å². The number of aryl methyl sites for hydroxylation is 1. The van der Waals surface area contributed by atoms with Gasteiger partial charge in [0.1, 0.15) is 4.21 Å². The van der Waals surface area contributed by atoms with Gasteiger partial charge in [0, 0.05) is 20.9 Å². The monoisotopic (exact) mass is 390 g/mol. The topological polar surface area (TPSA) is 46.4 Å². The average Bonchev–Trinajstić information content (AvgIpc) is 2.85. The van der Waals surface area contributed by atoms with Crippen LogP contribution in [0, 0.1) is 10.1 Å². The highest BCUT2D eigenvalue weighted by Crippen LogP contribution is 2.44. The smallest absolute Gasteiger partial charge is 0.294 e. The van der Waals surface area contributed by atoms with Crippen LogP contribution in [0.2, 0.25) is 10.0 Å². The van der Waals surface area contributed by atoms with E-state index >= 15 is 0 Å². The van der Waals surface area contributed by atoms with Gasteiger partial charge in [-0.3, -0.25) is 10.1 Å². The summed E-state index contributed by atoms with van der Waals surface area (Å²) in [5.74, 6) is 0.